The molecule has 4 rings (SSSR count). The zero-order chi connectivity index (χ0) is 21.3. The number of ether oxygens (including phenoxy) is 1. The fourth-order valence-corrected chi connectivity index (χ4v) is 4.26. The normalized spacial score (nSPS) is 13.2. The number of aromatic hydroxyl groups is 1. The highest BCUT2D eigenvalue weighted by atomic mass is 79.9. The second-order valence-electron chi connectivity index (χ2n) is 6.95. The standard InChI is InChI=1S/C23H18BrNO5/c24-20-10-9-13(26)11-18(20)21(22(27)28)25-23(29)30-12-19-16-7-3-1-5-14(16)15-6-2-4-8-17(15)19/h1-11,19,21,26H,12H2,(H,25,29)(H,27,28). The second kappa shape index (κ2) is 8.20. The van der Waals surface area contributed by atoms with Crippen LogP contribution in [0.3, 0.4) is 0 Å². The number of rotatable bonds is 5. The van der Waals surface area contributed by atoms with Crippen molar-refractivity contribution in [3.05, 3.63) is 87.9 Å². The molecule has 0 radical (unpaired) electrons. The summed E-state index contributed by atoms with van der Waals surface area (Å²) in [7, 11) is 0. The van der Waals surface area contributed by atoms with Gasteiger partial charge in [0.25, 0.3) is 0 Å². The summed E-state index contributed by atoms with van der Waals surface area (Å²) in [5.41, 5.74) is 4.56. The molecule has 6 nitrogen and oxygen atoms in total. The van der Waals surface area contributed by atoms with E-state index >= 15 is 0 Å². The Hall–Kier alpha value is -3.32. The van der Waals surface area contributed by atoms with E-state index in [4.69, 9.17) is 4.74 Å². The number of hydrogen-bond acceptors (Lipinski definition) is 4. The number of aliphatic carboxylic acids is 1. The fraction of sp³-hybridized carbons (Fsp3) is 0.130. The molecule has 0 fully saturated rings. The molecule has 0 heterocycles. The number of carbonyl (C=O) groups excluding carboxylic acids is 1. The van der Waals surface area contributed by atoms with E-state index in [1.807, 2.05) is 48.5 Å². The van der Waals surface area contributed by atoms with Crippen molar-refractivity contribution in [3.63, 3.8) is 0 Å². The summed E-state index contributed by atoms with van der Waals surface area (Å²) in [6.45, 7) is 0.0768. The minimum Gasteiger partial charge on any atom is -0.508 e. The van der Waals surface area contributed by atoms with Gasteiger partial charge >= 0.3 is 12.1 Å². The predicted molar refractivity (Wildman–Crippen MR) is 114 cm³/mol. The van der Waals surface area contributed by atoms with Crippen LogP contribution in [0, 0.1) is 0 Å². The van der Waals surface area contributed by atoms with Gasteiger partial charge in [-0.15, -0.1) is 0 Å². The van der Waals surface area contributed by atoms with Gasteiger partial charge in [-0.25, -0.2) is 9.59 Å². The van der Waals surface area contributed by atoms with E-state index in [0.29, 0.717) is 4.47 Å². The minimum atomic E-state index is -1.37. The van der Waals surface area contributed by atoms with Crippen LogP contribution in [0.25, 0.3) is 11.1 Å². The van der Waals surface area contributed by atoms with Gasteiger partial charge in [-0.3, -0.25) is 0 Å². The Morgan fingerprint density at radius 3 is 2.20 bits per heavy atom. The molecule has 152 valence electrons. The van der Waals surface area contributed by atoms with Crippen LogP contribution < -0.4 is 5.32 Å². The SMILES string of the molecule is O=C(NC(C(=O)O)c1cc(O)ccc1Br)OCC1c2ccccc2-c2ccccc21. The topological polar surface area (TPSA) is 95.9 Å². The molecule has 3 N–H and O–H groups in total. The van der Waals surface area contributed by atoms with E-state index in [2.05, 4.69) is 21.2 Å². The summed E-state index contributed by atoms with van der Waals surface area (Å²) in [4.78, 5) is 24.1. The van der Waals surface area contributed by atoms with Crippen LogP contribution in [0.1, 0.15) is 28.7 Å². The maximum atomic E-state index is 12.4. The molecule has 0 saturated heterocycles. The van der Waals surface area contributed by atoms with Crippen molar-refractivity contribution in [2.75, 3.05) is 6.61 Å². The Morgan fingerprint density at radius 1 is 1.00 bits per heavy atom. The molecule has 0 bridgehead atoms. The van der Waals surface area contributed by atoms with E-state index in [-0.39, 0.29) is 23.8 Å². The van der Waals surface area contributed by atoms with E-state index in [1.165, 1.54) is 18.2 Å². The number of hydrogen-bond donors (Lipinski definition) is 3. The number of benzene rings is 3. The van der Waals surface area contributed by atoms with Crippen molar-refractivity contribution in [2.45, 2.75) is 12.0 Å². The van der Waals surface area contributed by atoms with Crippen LogP contribution in [0.15, 0.2) is 71.2 Å². The Bertz CT molecular complexity index is 1080. The van der Waals surface area contributed by atoms with E-state index < -0.39 is 18.1 Å². The van der Waals surface area contributed by atoms with Crippen molar-refractivity contribution in [2.24, 2.45) is 0 Å². The molecular weight excluding hydrogens is 450 g/mol. The molecule has 0 spiro atoms. The van der Waals surface area contributed by atoms with Gasteiger partial charge < -0.3 is 20.3 Å². The van der Waals surface area contributed by atoms with Crippen LogP contribution >= 0.6 is 15.9 Å². The Morgan fingerprint density at radius 2 is 1.60 bits per heavy atom. The molecule has 0 aliphatic heterocycles. The first-order chi connectivity index (χ1) is 14.5. The van der Waals surface area contributed by atoms with Gasteiger partial charge in [0.2, 0.25) is 0 Å². The van der Waals surface area contributed by atoms with E-state index in [1.54, 1.807) is 0 Å². The molecule has 30 heavy (non-hydrogen) atoms. The molecule has 1 amide bonds. The van der Waals surface area contributed by atoms with E-state index in [9.17, 15) is 19.8 Å². The minimum absolute atomic E-state index is 0.0768. The Labute approximate surface area is 181 Å². The lowest BCUT2D eigenvalue weighted by molar-refractivity contribution is -0.139. The highest BCUT2D eigenvalue weighted by molar-refractivity contribution is 9.10. The zero-order valence-corrected chi connectivity index (χ0v) is 17.3. The molecule has 1 unspecified atom stereocenters. The van der Waals surface area contributed by atoms with Crippen LogP contribution in [0.2, 0.25) is 0 Å². The quantitative estimate of drug-likeness (QED) is 0.499. The first kappa shape index (κ1) is 20.0. The number of fused-ring (bicyclic) bond motifs is 3. The molecule has 1 atom stereocenters. The first-order valence-corrected chi connectivity index (χ1v) is 10.1. The van der Waals surface area contributed by atoms with Crippen molar-refractivity contribution < 1.29 is 24.5 Å². The highest BCUT2D eigenvalue weighted by Crippen LogP contribution is 2.44. The molecule has 7 heteroatoms. The number of alkyl carbamates (subject to hydrolysis) is 1. The van der Waals surface area contributed by atoms with Crippen molar-refractivity contribution >= 4 is 28.0 Å². The third kappa shape index (κ3) is 3.76. The third-order valence-electron chi connectivity index (χ3n) is 5.14. The summed E-state index contributed by atoms with van der Waals surface area (Å²) in [5, 5.41) is 21.6. The van der Waals surface area contributed by atoms with Gasteiger partial charge in [0.1, 0.15) is 12.4 Å². The van der Waals surface area contributed by atoms with Crippen LogP contribution in [0.5, 0.6) is 5.75 Å². The molecule has 1 aliphatic carbocycles. The molecule has 1 aliphatic rings. The molecule has 3 aromatic rings. The third-order valence-corrected chi connectivity index (χ3v) is 5.87. The summed E-state index contributed by atoms with van der Waals surface area (Å²) in [6.07, 6.45) is -0.848. The van der Waals surface area contributed by atoms with Crippen LogP contribution in [-0.2, 0) is 9.53 Å². The van der Waals surface area contributed by atoms with Gasteiger partial charge in [0, 0.05) is 16.0 Å². The van der Waals surface area contributed by atoms with Gasteiger partial charge in [-0.1, -0.05) is 64.5 Å². The summed E-state index contributed by atoms with van der Waals surface area (Å²) in [6, 6.07) is 18.7. The number of carbonyl (C=O) groups is 2. The number of halogens is 1. The molecular formula is C23H18BrNO5. The largest absolute Gasteiger partial charge is 0.508 e. The molecule has 3 aromatic carbocycles. The van der Waals surface area contributed by atoms with Crippen LogP contribution in [-0.4, -0.2) is 28.9 Å². The number of carboxylic acid groups (broad SMARTS) is 1. The van der Waals surface area contributed by atoms with Crippen molar-refractivity contribution in [3.8, 4) is 16.9 Å². The maximum Gasteiger partial charge on any atom is 0.408 e. The zero-order valence-electron chi connectivity index (χ0n) is 15.7. The lowest BCUT2D eigenvalue weighted by Gasteiger charge is -2.18. The van der Waals surface area contributed by atoms with E-state index in [0.717, 1.165) is 22.3 Å². The number of amides is 1. The number of nitrogens with one attached hydrogen (secondary N) is 1. The predicted octanol–water partition coefficient (Wildman–Crippen LogP) is 4.82. The average Bonchev–Trinajstić information content (AvgIpc) is 3.06. The van der Waals surface area contributed by atoms with Gasteiger partial charge in [0.15, 0.2) is 6.04 Å². The fourth-order valence-electron chi connectivity index (χ4n) is 3.78. The number of carboxylic acids is 1. The Balaban J connectivity index is 1.51. The monoisotopic (exact) mass is 467 g/mol. The Kier molecular flexibility index (Phi) is 5.46. The summed E-state index contributed by atoms with van der Waals surface area (Å²) < 4.78 is 5.87. The molecule has 0 saturated carbocycles. The van der Waals surface area contributed by atoms with Gasteiger partial charge in [-0.2, -0.15) is 0 Å². The average molecular weight is 468 g/mol. The number of phenols is 1. The van der Waals surface area contributed by atoms with Crippen molar-refractivity contribution in [1.82, 2.24) is 5.32 Å². The summed E-state index contributed by atoms with van der Waals surface area (Å²) >= 11 is 3.25. The lowest BCUT2D eigenvalue weighted by Crippen LogP contribution is -2.35. The van der Waals surface area contributed by atoms with Gasteiger partial charge in [-0.05, 0) is 40.5 Å². The summed E-state index contributed by atoms with van der Waals surface area (Å²) in [5.74, 6) is -1.50. The molecule has 0 aromatic heterocycles. The lowest BCUT2D eigenvalue weighted by atomic mass is 9.98. The first-order valence-electron chi connectivity index (χ1n) is 9.28. The van der Waals surface area contributed by atoms with Crippen molar-refractivity contribution in [1.29, 1.82) is 0 Å². The second-order valence-corrected chi connectivity index (χ2v) is 7.80. The highest BCUT2D eigenvalue weighted by Gasteiger charge is 2.30. The smallest absolute Gasteiger partial charge is 0.408 e. The maximum absolute atomic E-state index is 12.4. The van der Waals surface area contributed by atoms with Crippen LogP contribution in [0.4, 0.5) is 4.79 Å². The van der Waals surface area contributed by atoms with Gasteiger partial charge in [0.05, 0.1) is 0 Å². The number of phenolic OH excluding ortho intramolecular Hbond substituents is 1.